The van der Waals surface area contributed by atoms with Gasteiger partial charge in [-0.05, 0) is 72.5 Å². The molecule has 0 aliphatic carbocycles. The molecule has 4 aromatic rings. The van der Waals surface area contributed by atoms with Crippen molar-refractivity contribution < 1.29 is 14.3 Å². The van der Waals surface area contributed by atoms with Gasteiger partial charge in [0, 0.05) is 14.5 Å². The number of nitrogens with one attached hydrogen (secondary N) is 1. The van der Waals surface area contributed by atoms with E-state index in [0.29, 0.717) is 20.1 Å². The van der Waals surface area contributed by atoms with Crippen molar-refractivity contribution >= 4 is 76.7 Å². The Hall–Kier alpha value is -2.81. The van der Waals surface area contributed by atoms with E-state index < -0.39 is 5.97 Å². The SMILES string of the molecule is O=C(Cc1cccc2ccccc12)N/N=C\c1cc(Br)cc(Br)c1OC(=O)c1ccccc1Br. The first kappa shape index (κ1) is 24.3. The van der Waals surface area contributed by atoms with Crippen molar-refractivity contribution in [2.45, 2.75) is 6.42 Å². The second kappa shape index (κ2) is 11.1. The van der Waals surface area contributed by atoms with Gasteiger partial charge >= 0.3 is 5.97 Å². The summed E-state index contributed by atoms with van der Waals surface area (Å²) in [5.74, 6) is -0.491. The van der Waals surface area contributed by atoms with E-state index in [-0.39, 0.29) is 18.1 Å². The first-order chi connectivity index (χ1) is 16.4. The van der Waals surface area contributed by atoms with Crippen LogP contribution < -0.4 is 10.2 Å². The van der Waals surface area contributed by atoms with Gasteiger partial charge in [-0.15, -0.1) is 0 Å². The van der Waals surface area contributed by atoms with Crippen molar-refractivity contribution in [3.63, 3.8) is 0 Å². The van der Waals surface area contributed by atoms with E-state index in [4.69, 9.17) is 4.74 Å². The molecule has 0 unspecified atom stereocenters. The predicted octanol–water partition coefficient (Wildman–Crippen LogP) is 7.04. The molecule has 8 heteroatoms. The van der Waals surface area contributed by atoms with Crippen LogP contribution in [0.5, 0.6) is 5.75 Å². The normalized spacial score (nSPS) is 11.0. The van der Waals surface area contributed by atoms with E-state index in [0.717, 1.165) is 20.8 Å². The maximum absolute atomic E-state index is 12.7. The number of hydrogen-bond acceptors (Lipinski definition) is 4. The number of benzene rings is 4. The van der Waals surface area contributed by atoms with Crippen LogP contribution in [0.25, 0.3) is 10.8 Å². The molecule has 34 heavy (non-hydrogen) atoms. The van der Waals surface area contributed by atoms with Gasteiger partial charge in [-0.3, -0.25) is 4.79 Å². The summed E-state index contributed by atoms with van der Waals surface area (Å²) in [5.41, 5.74) is 4.37. The zero-order valence-electron chi connectivity index (χ0n) is 17.6. The zero-order chi connectivity index (χ0) is 24.1. The second-order valence-electron chi connectivity index (χ2n) is 7.28. The minimum atomic E-state index is -0.523. The number of amides is 1. The van der Waals surface area contributed by atoms with Crippen molar-refractivity contribution in [1.29, 1.82) is 0 Å². The molecule has 0 radical (unpaired) electrons. The molecular formula is C26H17Br3N2O3. The molecule has 0 aromatic heterocycles. The summed E-state index contributed by atoms with van der Waals surface area (Å²) < 4.78 is 7.60. The number of esters is 1. The third kappa shape index (κ3) is 5.81. The quantitative estimate of drug-likeness (QED) is 0.106. The van der Waals surface area contributed by atoms with Gasteiger partial charge < -0.3 is 4.74 Å². The molecule has 4 aromatic carbocycles. The monoisotopic (exact) mass is 642 g/mol. The number of fused-ring (bicyclic) bond motifs is 1. The van der Waals surface area contributed by atoms with Crippen molar-refractivity contribution in [3.8, 4) is 5.75 Å². The minimum absolute atomic E-state index is 0.185. The highest BCUT2D eigenvalue weighted by Crippen LogP contribution is 2.33. The lowest BCUT2D eigenvalue weighted by molar-refractivity contribution is -0.120. The number of halogens is 3. The maximum atomic E-state index is 12.7. The first-order valence-corrected chi connectivity index (χ1v) is 12.5. The zero-order valence-corrected chi connectivity index (χ0v) is 22.4. The summed E-state index contributed by atoms with van der Waals surface area (Å²) in [6, 6.07) is 24.3. The molecule has 4 rings (SSSR count). The Morgan fingerprint density at radius 1 is 0.882 bits per heavy atom. The van der Waals surface area contributed by atoms with Crippen LogP contribution in [-0.2, 0) is 11.2 Å². The summed E-state index contributed by atoms with van der Waals surface area (Å²) in [6.45, 7) is 0. The smallest absolute Gasteiger partial charge is 0.344 e. The van der Waals surface area contributed by atoms with Crippen LogP contribution in [0.1, 0.15) is 21.5 Å². The molecule has 0 aliphatic heterocycles. The number of ether oxygens (including phenoxy) is 1. The third-order valence-corrected chi connectivity index (χ3v) is 6.69. The van der Waals surface area contributed by atoms with Gasteiger partial charge in [0.2, 0.25) is 5.91 Å². The Morgan fingerprint density at radius 2 is 1.62 bits per heavy atom. The van der Waals surface area contributed by atoms with Crippen LogP contribution in [0, 0.1) is 0 Å². The van der Waals surface area contributed by atoms with Gasteiger partial charge in [-0.25, -0.2) is 10.2 Å². The Bertz CT molecular complexity index is 1410. The Labute approximate surface area is 221 Å². The Balaban J connectivity index is 1.51. The number of nitrogens with zero attached hydrogens (tertiary/aromatic N) is 1. The van der Waals surface area contributed by atoms with Crippen LogP contribution in [0.3, 0.4) is 0 Å². The molecule has 0 bridgehead atoms. The third-order valence-electron chi connectivity index (χ3n) is 4.95. The maximum Gasteiger partial charge on any atom is 0.344 e. The van der Waals surface area contributed by atoms with Crippen molar-refractivity contribution in [3.05, 3.63) is 109 Å². The highest BCUT2D eigenvalue weighted by Gasteiger charge is 2.17. The van der Waals surface area contributed by atoms with Gasteiger partial charge in [-0.2, -0.15) is 5.10 Å². The standard InChI is InChI=1S/C26H17Br3N2O3/c27-19-12-18(25(23(29)14-19)34-26(33)21-10-3-4-11-22(21)28)15-30-31-24(32)13-17-8-5-7-16-6-1-2-9-20(16)17/h1-12,14-15H,13H2,(H,31,32)/b30-15-. The molecule has 5 nitrogen and oxygen atoms in total. The lowest BCUT2D eigenvalue weighted by Crippen LogP contribution is -2.20. The molecule has 0 spiro atoms. The number of rotatable bonds is 6. The van der Waals surface area contributed by atoms with Gasteiger partial charge in [0.1, 0.15) is 0 Å². The van der Waals surface area contributed by atoms with E-state index in [1.165, 1.54) is 6.21 Å². The molecule has 0 fully saturated rings. The molecular weight excluding hydrogens is 628 g/mol. The number of hydrogen-bond donors (Lipinski definition) is 1. The van der Waals surface area contributed by atoms with Crippen LogP contribution in [-0.4, -0.2) is 18.1 Å². The fourth-order valence-electron chi connectivity index (χ4n) is 3.39. The molecule has 1 amide bonds. The number of hydrazone groups is 1. The van der Waals surface area contributed by atoms with E-state index in [1.54, 1.807) is 30.3 Å². The van der Waals surface area contributed by atoms with Gasteiger partial charge in [0.15, 0.2) is 5.75 Å². The topological polar surface area (TPSA) is 67.8 Å². The van der Waals surface area contributed by atoms with E-state index >= 15 is 0 Å². The minimum Gasteiger partial charge on any atom is -0.421 e. The van der Waals surface area contributed by atoms with Crippen LogP contribution in [0.2, 0.25) is 0 Å². The highest BCUT2D eigenvalue weighted by molar-refractivity contribution is 9.11. The Kier molecular flexibility index (Phi) is 7.92. The largest absolute Gasteiger partial charge is 0.421 e. The molecule has 0 atom stereocenters. The van der Waals surface area contributed by atoms with Crippen molar-refractivity contribution in [2.75, 3.05) is 0 Å². The predicted molar refractivity (Wildman–Crippen MR) is 144 cm³/mol. The summed E-state index contributed by atoms with van der Waals surface area (Å²) >= 11 is 10.2. The molecule has 1 N–H and O–H groups in total. The van der Waals surface area contributed by atoms with E-state index in [9.17, 15) is 9.59 Å². The Morgan fingerprint density at radius 3 is 2.44 bits per heavy atom. The van der Waals surface area contributed by atoms with Gasteiger partial charge in [0.25, 0.3) is 0 Å². The van der Waals surface area contributed by atoms with Crippen LogP contribution in [0.15, 0.2) is 97.4 Å². The lowest BCUT2D eigenvalue weighted by Gasteiger charge is -2.11. The van der Waals surface area contributed by atoms with Crippen molar-refractivity contribution in [2.24, 2.45) is 5.10 Å². The summed E-state index contributed by atoms with van der Waals surface area (Å²) in [4.78, 5) is 25.2. The van der Waals surface area contributed by atoms with Crippen LogP contribution >= 0.6 is 47.8 Å². The van der Waals surface area contributed by atoms with Crippen molar-refractivity contribution in [1.82, 2.24) is 5.43 Å². The van der Waals surface area contributed by atoms with Gasteiger partial charge in [-0.1, -0.05) is 70.5 Å². The summed E-state index contributed by atoms with van der Waals surface area (Å²) in [6.07, 6.45) is 1.63. The molecule has 0 aliphatic rings. The molecule has 0 heterocycles. The number of carbonyl (C=O) groups is 2. The fourth-order valence-corrected chi connectivity index (χ4v) is 5.18. The van der Waals surface area contributed by atoms with E-state index in [1.807, 2.05) is 48.5 Å². The lowest BCUT2D eigenvalue weighted by atomic mass is 10.0. The summed E-state index contributed by atoms with van der Waals surface area (Å²) in [7, 11) is 0. The van der Waals surface area contributed by atoms with Crippen LogP contribution in [0.4, 0.5) is 0 Å². The molecule has 0 saturated carbocycles. The fraction of sp³-hybridized carbons (Fsp3) is 0.0385. The first-order valence-electron chi connectivity index (χ1n) is 10.2. The second-order valence-corrected chi connectivity index (χ2v) is 9.91. The average molecular weight is 645 g/mol. The molecule has 170 valence electrons. The molecule has 0 saturated heterocycles. The number of carbonyl (C=O) groups excluding carboxylic acids is 2. The average Bonchev–Trinajstić information content (AvgIpc) is 2.81. The van der Waals surface area contributed by atoms with Gasteiger partial charge in [0.05, 0.1) is 22.7 Å². The highest BCUT2D eigenvalue weighted by atomic mass is 79.9. The summed E-state index contributed by atoms with van der Waals surface area (Å²) in [5, 5.41) is 6.20. The van der Waals surface area contributed by atoms with E-state index in [2.05, 4.69) is 58.3 Å².